The van der Waals surface area contributed by atoms with Gasteiger partial charge in [0.2, 0.25) is 0 Å². The molecule has 0 aliphatic carbocycles. The zero-order valence-electron chi connectivity index (χ0n) is 21.0. The van der Waals surface area contributed by atoms with Crippen molar-refractivity contribution in [2.24, 2.45) is 0 Å². The van der Waals surface area contributed by atoms with Gasteiger partial charge in [0, 0.05) is 16.6 Å². The Morgan fingerprint density at radius 1 is 0.436 bits per heavy atom. The molecule has 0 amide bonds. The summed E-state index contributed by atoms with van der Waals surface area (Å²) < 4.78 is 13.2. The summed E-state index contributed by atoms with van der Waals surface area (Å²) in [4.78, 5) is 0. The predicted octanol–water partition coefficient (Wildman–Crippen LogP) is 7.54. The van der Waals surface area contributed by atoms with Crippen LogP contribution in [0.1, 0.15) is 0 Å². The Hall–Kier alpha value is -5.02. The molecule has 0 saturated carbocycles. The Bertz CT molecular complexity index is 2150. The van der Waals surface area contributed by atoms with Crippen LogP contribution in [0.3, 0.4) is 0 Å². The molecule has 2 nitrogen and oxygen atoms in total. The Balaban J connectivity index is 1.40. The molecule has 7 aromatic carbocycles. The third-order valence-electron chi connectivity index (χ3n) is 8.37. The fraction of sp³-hybridized carbons (Fsp3) is 0. The Morgan fingerprint density at radius 3 is 2.05 bits per heavy atom. The molecule has 0 radical (unpaired) electrons. The molecule has 0 bridgehead atoms. The second kappa shape index (κ2) is 7.75. The fourth-order valence-corrected chi connectivity index (χ4v) is 6.71. The number of ether oxygens (including phenoxy) is 2. The minimum atomic E-state index is 0.0481. The van der Waals surface area contributed by atoms with Crippen LogP contribution in [0.4, 0.5) is 0 Å². The minimum Gasteiger partial charge on any atom is -0.458 e. The largest absolute Gasteiger partial charge is 0.458 e. The molecule has 0 saturated heterocycles. The average Bonchev–Trinajstić information content (AvgIpc) is 2.99. The van der Waals surface area contributed by atoms with Crippen molar-refractivity contribution < 1.29 is 9.47 Å². The van der Waals surface area contributed by atoms with Gasteiger partial charge >= 0.3 is 0 Å². The monoisotopic (exact) mass is 496 g/mol. The molecular formula is C36H21BO2. The second-order valence-electron chi connectivity index (χ2n) is 10.4. The highest BCUT2D eigenvalue weighted by atomic mass is 16.5. The average molecular weight is 496 g/mol. The van der Waals surface area contributed by atoms with E-state index in [4.69, 9.17) is 9.47 Å². The Kier molecular flexibility index (Phi) is 4.17. The molecular weight excluding hydrogens is 475 g/mol. The van der Waals surface area contributed by atoms with E-state index in [1.165, 1.54) is 48.8 Å². The maximum absolute atomic E-state index is 6.83. The van der Waals surface area contributed by atoms with Crippen LogP contribution in [-0.4, -0.2) is 6.71 Å². The topological polar surface area (TPSA) is 18.5 Å². The molecule has 2 aliphatic heterocycles. The van der Waals surface area contributed by atoms with Crippen molar-refractivity contribution in [1.82, 2.24) is 0 Å². The van der Waals surface area contributed by atoms with E-state index >= 15 is 0 Å². The van der Waals surface area contributed by atoms with Crippen molar-refractivity contribution in [2.75, 3.05) is 0 Å². The van der Waals surface area contributed by atoms with Crippen LogP contribution in [0.15, 0.2) is 127 Å². The van der Waals surface area contributed by atoms with Crippen LogP contribution >= 0.6 is 0 Å². The van der Waals surface area contributed by atoms with Gasteiger partial charge in [0.1, 0.15) is 23.0 Å². The normalized spacial score (nSPS) is 13.0. The van der Waals surface area contributed by atoms with Gasteiger partial charge in [0.25, 0.3) is 6.71 Å². The number of hydrogen-bond donors (Lipinski definition) is 0. The number of benzene rings is 7. The molecule has 39 heavy (non-hydrogen) atoms. The van der Waals surface area contributed by atoms with Crippen LogP contribution in [0, 0.1) is 0 Å². The van der Waals surface area contributed by atoms with Gasteiger partial charge in [-0.25, -0.2) is 0 Å². The molecule has 0 atom stereocenters. The maximum atomic E-state index is 6.83. The SMILES string of the molecule is c1ccc2c(c1)Oc1cccc3c1B2c1cccc(-c2c4ccccc4cc4c2ccc2ccccc24)c1O3. The first-order chi connectivity index (χ1) is 19.3. The highest BCUT2D eigenvalue weighted by molar-refractivity contribution is 6.98. The summed E-state index contributed by atoms with van der Waals surface area (Å²) >= 11 is 0. The summed E-state index contributed by atoms with van der Waals surface area (Å²) in [7, 11) is 0. The van der Waals surface area contributed by atoms with Crippen LogP contribution in [0.25, 0.3) is 43.4 Å². The summed E-state index contributed by atoms with van der Waals surface area (Å²) in [6.45, 7) is 0.0481. The van der Waals surface area contributed by atoms with E-state index in [9.17, 15) is 0 Å². The van der Waals surface area contributed by atoms with Crippen LogP contribution in [0.2, 0.25) is 0 Å². The lowest BCUT2D eigenvalue weighted by Gasteiger charge is -2.33. The van der Waals surface area contributed by atoms with Gasteiger partial charge in [-0.05, 0) is 67.5 Å². The van der Waals surface area contributed by atoms with Crippen molar-refractivity contribution in [3.05, 3.63) is 127 Å². The molecule has 9 rings (SSSR count). The lowest BCUT2D eigenvalue weighted by molar-refractivity contribution is 0.465. The van der Waals surface area contributed by atoms with Gasteiger partial charge in [-0.3, -0.25) is 0 Å². The third-order valence-corrected chi connectivity index (χ3v) is 8.37. The molecule has 3 heteroatoms. The first-order valence-electron chi connectivity index (χ1n) is 13.4. The molecule has 7 aromatic rings. The molecule has 0 fully saturated rings. The maximum Gasteiger partial charge on any atom is 0.260 e. The lowest BCUT2D eigenvalue weighted by atomic mass is 9.34. The smallest absolute Gasteiger partial charge is 0.260 e. The summed E-state index contributed by atoms with van der Waals surface area (Å²) in [6.07, 6.45) is 0. The summed E-state index contributed by atoms with van der Waals surface area (Å²) in [5, 5.41) is 7.46. The number of fused-ring (bicyclic) bond motifs is 8. The molecule has 2 heterocycles. The number of para-hydroxylation sites is 2. The predicted molar refractivity (Wildman–Crippen MR) is 162 cm³/mol. The second-order valence-corrected chi connectivity index (χ2v) is 10.4. The minimum absolute atomic E-state index is 0.0481. The van der Waals surface area contributed by atoms with E-state index in [0.717, 1.165) is 34.0 Å². The van der Waals surface area contributed by atoms with Crippen LogP contribution < -0.4 is 25.9 Å². The number of hydrogen-bond acceptors (Lipinski definition) is 2. The van der Waals surface area contributed by atoms with E-state index in [-0.39, 0.29) is 6.71 Å². The standard InChI is InChI=1S/C36H21BO2/c1-3-11-24-22(9-1)19-20-26-28(24)21-23-10-2-4-12-25(23)34(26)27-13-7-15-30-36(27)39-33-18-8-17-32-35(33)37(30)29-14-5-6-16-31(29)38-32/h1-21H. The molecule has 2 aliphatic rings. The Labute approximate surface area is 226 Å². The summed E-state index contributed by atoms with van der Waals surface area (Å²) in [6, 6.07) is 45.3. The van der Waals surface area contributed by atoms with E-state index < -0.39 is 0 Å². The fourth-order valence-electron chi connectivity index (χ4n) is 6.71. The highest BCUT2D eigenvalue weighted by Gasteiger charge is 2.40. The van der Waals surface area contributed by atoms with Crippen molar-refractivity contribution in [1.29, 1.82) is 0 Å². The molecule has 0 spiro atoms. The molecule has 0 aromatic heterocycles. The van der Waals surface area contributed by atoms with Crippen LogP contribution in [0.5, 0.6) is 23.0 Å². The highest BCUT2D eigenvalue weighted by Crippen LogP contribution is 2.45. The zero-order chi connectivity index (χ0) is 25.5. The molecule has 0 N–H and O–H groups in total. The van der Waals surface area contributed by atoms with E-state index in [1.807, 2.05) is 18.2 Å². The molecule has 180 valence electrons. The quantitative estimate of drug-likeness (QED) is 0.133. The van der Waals surface area contributed by atoms with E-state index in [0.29, 0.717) is 0 Å². The van der Waals surface area contributed by atoms with Crippen molar-refractivity contribution in [2.45, 2.75) is 0 Å². The van der Waals surface area contributed by atoms with Crippen molar-refractivity contribution >= 4 is 55.4 Å². The third kappa shape index (κ3) is 2.87. The van der Waals surface area contributed by atoms with Gasteiger partial charge in [-0.15, -0.1) is 0 Å². The van der Waals surface area contributed by atoms with Gasteiger partial charge in [-0.2, -0.15) is 0 Å². The van der Waals surface area contributed by atoms with Crippen molar-refractivity contribution in [3.63, 3.8) is 0 Å². The van der Waals surface area contributed by atoms with Crippen molar-refractivity contribution in [3.8, 4) is 34.1 Å². The summed E-state index contributed by atoms with van der Waals surface area (Å²) in [5.74, 6) is 3.57. The van der Waals surface area contributed by atoms with Crippen LogP contribution in [-0.2, 0) is 0 Å². The molecule has 0 unspecified atom stereocenters. The van der Waals surface area contributed by atoms with E-state index in [2.05, 4.69) is 109 Å². The lowest BCUT2D eigenvalue weighted by Crippen LogP contribution is -2.57. The van der Waals surface area contributed by atoms with Gasteiger partial charge < -0.3 is 9.47 Å². The van der Waals surface area contributed by atoms with Gasteiger partial charge in [-0.1, -0.05) is 103 Å². The van der Waals surface area contributed by atoms with Gasteiger partial charge in [0.15, 0.2) is 0 Å². The first kappa shape index (κ1) is 21.0. The number of rotatable bonds is 1. The van der Waals surface area contributed by atoms with Gasteiger partial charge in [0.05, 0.1) is 0 Å². The Morgan fingerprint density at radius 2 is 1.13 bits per heavy atom. The summed E-state index contributed by atoms with van der Waals surface area (Å²) in [5.41, 5.74) is 5.78. The van der Waals surface area contributed by atoms with E-state index in [1.54, 1.807) is 0 Å². The first-order valence-corrected chi connectivity index (χ1v) is 13.4. The zero-order valence-corrected chi connectivity index (χ0v) is 21.0.